The summed E-state index contributed by atoms with van der Waals surface area (Å²) >= 11 is 1.54. The molecule has 6 heterocycles. The molecule has 3 aliphatic heterocycles. The third-order valence-corrected chi connectivity index (χ3v) is 12.3. The molecule has 46 heavy (non-hydrogen) atoms. The van der Waals surface area contributed by atoms with Gasteiger partial charge in [-0.25, -0.2) is 9.37 Å². The van der Waals surface area contributed by atoms with E-state index in [-0.39, 0.29) is 17.7 Å². The zero-order valence-corrected chi connectivity index (χ0v) is 27.5. The van der Waals surface area contributed by atoms with Gasteiger partial charge >= 0.3 is 0 Å². The first kappa shape index (κ1) is 30.1. The van der Waals surface area contributed by atoms with E-state index in [1.807, 2.05) is 24.9 Å². The SMILES string of the molecule is C[C@H](Oc1cc(N2CCN(C)C3(COC3)C2)nc(-c2onc3c2CCC[C@@]32CCCc3sc(N)c(C#N)c32)n1)[C@@H]1C[C@@H](F)CN1C. The highest BCUT2D eigenvalue weighted by molar-refractivity contribution is 7.16. The lowest BCUT2D eigenvalue weighted by Gasteiger charge is -2.54. The van der Waals surface area contributed by atoms with E-state index in [0.717, 1.165) is 80.8 Å². The van der Waals surface area contributed by atoms with Crippen LogP contribution in [0.3, 0.4) is 0 Å². The summed E-state index contributed by atoms with van der Waals surface area (Å²) in [5.41, 5.74) is 9.45. The molecule has 4 atom stereocenters. The number of fused-ring (bicyclic) bond motifs is 4. The maximum atomic E-state index is 14.3. The number of aromatic nitrogens is 3. The number of aryl methyl sites for hydroxylation is 1. The van der Waals surface area contributed by atoms with Crippen LogP contribution < -0.4 is 15.4 Å². The number of hydrogen-bond acceptors (Lipinski definition) is 12. The highest BCUT2D eigenvalue weighted by atomic mass is 32.1. The molecule has 0 bridgehead atoms. The molecule has 3 fully saturated rings. The van der Waals surface area contributed by atoms with Gasteiger partial charge in [-0.2, -0.15) is 10.2 Å². The van der Waals surface area contributed by atoms with Gasteiger partial charge in [0.1, 0.15) is 29.2 Å². The molecule has 3 aromatic rings. The van der Waals surface area contributed by atoms with Crippen molar-refractivity contribution >= 4 is 22.2 Å². The van der Waals surface area contributed by atoms with E-state index in [9.17, 15) is 9.65 Å². The predicted octanol–water partition coefficient (Wildman–Crippen LogP) is 3.94. The second kappa shape index (κ2) is 11.1. The summed E-state index contributed by atoms with van der Waals surface area (Å²) in [6, 6.07) is 4.26. The fraction of sp³-hybridized carbons (Fsp3) is 0.636. The number of likely N-dealkylation sites (N-methyl/N-ethyl adjacent to an activating group) is 2. The van der Waals surface area contributed by atoms with Crippen molar-refractivity contribution in [2.24, 2.45) is 0 Å². The molecule has 0 radical (unpaired) electrons. The van der Waals surface area contributed by atoms with Crippen LogP contribution in [0, 0.1) is 11.3 Å². The molecule has 0 saturated carbocycles. The number of nitriles is 1. The second-order valence-electron chi connectivity index (χ2n) is 14.0. The number of anilines is 2. The monoisotopic (exact) mass is 648 g/mol. The van der Waals surface area contributed by atoms with Crippen molar-refractivity contribution in [2.45, 2.75) is 81.1 Å². The van der Waals surface area contributed by atoms with Crippen LogP contribution in [-0.2, 0) is 23.0 Å². The Morgan fingerprint density at radius 2 is 2.00 bits per heavy atom. The van der Waals surface area contributed by atoms with Crippen LogP contribution in [0.25, 0.3) is 11.6 Å². The first-order valence-electron chi connectivity index (χ1n) is 16.5. The number of nitrogen functional groups attached to an aromatic ring is 1. The molecule has 0 unspecified atom stereocenters. The quantitative estimate of drug-likeness (QED) is 0.432. The lowest BCUT2D eigenvalue weighted by molar-refractivity contribution is -0.134. The molecule has 2 N–H and O–H groups in total. The number of nitrogens with two attached hydrogens (primary N) is 1. The number of likely N-dealkylation sites (tertiary alicyclic amines) is 1. The summed E-state index contributed by atoms with van der Waals surface area (Å²) in [5, 5.41) is 15.4. The van der Waals surface area contributed by atoms with Gasteiger partial charge in [-0.1, -0.05) is 5.16 Å². The molecule has 3 aromatic heterocycles. The minimum absolute atomic E-state index is 0.0440. The topological polar surface area (TPSA) is 130 Å². The molecule has 5 aliphatic rings. The average molecular weight is 649 g/mol. The van der Waals surface area contributed by atoms with E-state index in [1.54, 1.807) is 11.3 Å². The van der Waals surface area contributed by atoms with Crippen LogP contribution >= 0.6 is 11.3 Å². The normalized spacial score (nSPS) is 28.1. The van der Waals surface area contributed by atoms with Gasteiger partial charge in [0.15, 0.2) is 0 Å². The largest absolute Gasteiger partial charge is 0.473 e. The highest BCUT2D eigenvalue weighted by Crippen LogP contribution is 2.54. The number of ether oxygens (including phenoxy) is 2. The summed E-state index contributed by atoms with van der Waals surface area (Å²) in [7, 11) is 4.10. The number of thiophene rings is 1. The summed E-state index contributed by atoms with van der Waals surface area (Å²) in [4.78, 5) is 17.9. The van der Waals surface area contributed by atoms with Crippen LogP contribution in [0.5, 0.6) is 5.88 Å². The molecule has 0 amide bonds. The third kappa shape index (κ3) is 4.63. The molecular weight excluding hydrogens is 607 g/mol. The molecule has 11 nitrogen and oxygen atoms in total. The first-order chi connectivity index (χ1) is 22.2. The van der Waals surface area contributed by atoms with Gasteiger partial charge < -0.3 is 24.6 Å². The zero-order valence-electron chi connectivity index (χ0n) is 26.7. The minimum atomic E-state index is -0.864. The number of rotatable bonds is 5. The number of piperazine rings is 1. The Morgan fingerprint density at radius 3 is 2.72 bits per heavy atom. The van der Waals surface area contributed by atoms with Gasteiger partial charge in [-0.3, -0.25) is 9.80 Å². The standard InChI is InChI=1S/C33H41FN8O3S/c1-19(23-12-20(34)15-40(23)2)44-26-13-25(42-11-10-41(3)32(16-42)17-43-18-32)37-31(38-26)28-21-6-4-8-33(29(21)39-45-28)9-5-7-24-27(33)22(14-35)30(36)46-24/h13,19-20,23H,4-12,15-18,36H2,1-3H3/t19-,20+,23-,33-/m0/s1. The summed E-state index contributed by atoms with van der Waals surface area (Å²) < 4.78 is 32.6. The Labute approximate surface area is 272 Å². The lowest BCUT2D eigenvalue weighted by atomic mass is 9.62. The van der Waals surface area contributed by atoms with Crippen LogP contribution in [-0.4, -0.2) is 102 Å². The first-order valence-corrected chi connectivity index (χ1v) is 17.3. The van der Waals surface area contributed by atoms with E-state index >= 15 is 0 Å². The fourth-order valence-electron chi connectivity index (χ4n) is 8.66. The summed E-state index contributed by atoms with van der Waals surface area (Å²) in [5.74, 6) is 2.20. The smallest absolute Gasteiger partial charge is 0.219 e. The Bertz CT molecular complexity index is 1700. The molecule has 13 heteroatoms. The van der Waals surface area contributed by atoms with E-state index in [2.05, 4.69) is 22.9 Å². The summed E-state index contributed by atoms with van der Waals surface area (Å²) in [6.45, 7) is 6.23. The fourth-order valence-corrected chi connectivity index (χ4v) is 9.82. The van der Waals surface area contributed by atoms with Crippen LogP contribution in [0.1, 0.15) is 66.3 Å². The predicted molar refractivity (Wildman–Crippen MR) is 172 cm³/mol. The Morgan fingerprint density at radius 1 is 1.20 bits per heavy atom. The minimum Gasteiger partial charge on any atom is -0.473 e. The number of nitrogens with zero attached hydrogens (tertiary/aromatic N) is 7. The van der Waals surface area contributed by atoms with E-state index in [0.29, 0.717) is 54.2 Å². The van der Waals surface area contributed by atoms with Gasteiger partial charge in [0, 0.05) is 54.1 Å². The molecule has 2 aliphatic carbocycles. The van der Waals surface area contributed by atoms with Gasteiger partial charge in [-0.05, 0) is 71.5 Å². The molecular formula is C33H41FN8O3S. The van der Waals surface area contributed by atoms with E-state index in [4.69, 9.17) is 34.9 Å². The van der Waals surface area contributed by atoms with Gasteiger partial charge in [0.25, 0.3) is 0 Å². The van der Waals surface area contributed by atoms with Crippen molar-refractivity contribution in [1.82, 2.24) is 24.9 Å². The molecule has 0 aromatic carbocycles. The van der Waals surface area contributed by atoms with Gasteiger partial charge in [0.05, 0.1) is 30.0 Å². The van der Waals surface area contributed by atoms with Crippen LogP contribution in [0.4, 0.5) is 15.2 Å². The molecule has 2 spiro atoms. The van der Waals surface area contributed by atoms with Crippen molar-refractivity contribution < 1.29 is 18.4 Å². The Balaban J connectivity index is 1.20. The number of hydrogen-bond donors (Lipinski definition) is 1. The lowest BCUT2D eigenvalue weighted by Crippen LogP contribution is -2.70. The Kier molecular flexibility index (Phi) is 7.28. The van der Waals surface area contributed by atoms with E-state index < -0.39 is 11.6 Å². The van der Waals surface area contributed by atoms with Crippen molar-refractivity contribution in [3.05, 3.63) is 33.3 Å². The average Bonchev–Trinajstić information content (AvgIpc) is 3.71. The second-order valence-corrected chi connectivity index (χ2v) is 15.1. The molecule has 8 rings (SSSR count). The zero-order chi connectivity index (χ0) is 31.8. The van der Waals surface area contributed by atoms with Gasteiger partial charge in [0.2, 0.25) is 17.5 Å². The van der Waals surface area contributed by atoms with Crippen molar-refractivity contribution in [2.75, 3.05) is 64.1 Å². The molecule has 3 saturated heterocycles. The Hall–Kier alpha value is -3.31. The third-order valence-electron chi connectivity index (χ3n) is 11.2. The maximum Gasteiger partial charge on any atom is 0.219 e. The van der Waals surface area contributed by atoms with Crippen molar-refractivity contribution in [3.8, 4) is 23.5 Å². The van der Waals surface area contributed by atoms with Crippen LogP contribution in [0.15, 0.2) is 10.6 Å². The van der Waals surface area contributed by atoms with Crippen LogP contribution in [0.2, 0.25) is 0 Å². The van der Waals surface area contributed by atoms with Crippen molar-refractivity contribution in [1.29, 1.82) is 5.26 Å². The highest BCUT2D eigenvalue weighted by Gasteiger charge is 2.49. The maximum absolute atomic E-state index is 14.3. The number of halogens is 1. The van der Waals surface area contributed by atoms with E-state index in [1.165, 1.54) is 4.88 Å². The molecule has 244 valence electrons. The van der Waals surface area contributed by atoms with Crippen molar-refractivity contribution in [3.63, 3.8) is 0 Å². The number of alkyl halides is 1. The van der Waals surface area contributed by atoms with Gasteiger partial charge in [-0.15, -0.1) is 11.3 Å². The summed E-state index contributed by atoms with van der Waals surface area (Å²) in [6.07, 6.45) is 4.73.